The van der Waals surface area contributed by atoms with Crippen LogP contribution in [0.2, 0.25) is 0 Å². The quantitative estimate of drug-likeness (QED) is 0.629. The molecule has 2 amide bonds. The van der Waals surface area contributed by atoms with Crippen LogP contribution in [0, 0.1) is 13.8 Å². The first-order chi connectivity index (χ1) is 14.5. The lowest BCUT2D eigenvalue weighted by Crippen LogP contribution is -2.19. The second-order valence-corrected chi connectivity index (χ2v) is 7.61. The van der Waals surface area contributed by atoms with Gasteiger partial charge in [-0.05, 0) is 80.3 Å². The van der Waals surface area contributed by atoms with E-state index in [2.05, 4.69) is 28.5 Å². The standard InChI is InChI=1S/C24H25N3O3/c1-16-7-8-18(15-20(16)26-24(29)22-6-5-13-30-22)23(28)25-19-9-10-21(17(2)14-19)27-11-3-4-12-27/h5-10,13-15H,3-4,11-12H2,1-2H3,(H,25,28)(H,26,29). The zero-order chi connectivity index (χ0) is 21.1. The fourth-order valence-electron chi connectivity index (χ4n) is 3.74. The molecule has 0 bridgehead atoms. The Morgan fingerprint density at radius 1 is 0.900 bits per heavy atom. The molecule has 3 aromatic rings. The number of nitrogens with one attached hydrogen (secondary N) is 2. The number of anilines is 3. The van der Waals surface area contributed by atoms with Crippen LogP contribution in [-0.4, -0.2) is 24.9 Å². The van der Waals surface area contributed by atoms with Crippen LogP contribution in [0.5, 0.6) is 0 Å². The number of benzene rings is 2. The Balaban J connectivity index is 1.48. The number of hydrogen-bond acceptors (Lipinski definition) is 4. The minimum atomic E-state index is -0.353. The van der Waals surface area contributed by atoms with Crippen LogP contribution in [-0.2, 0) is 0 Å². The molecule has 0 atom stereocenters. The van der Waals surface area contributed by atoms with Crippen molar-refractivity contribution in [1.82, 2.24) is 0 Å². The molecule has 0 radical (unpaired) electrons. The maximum Gasteiger partial charge on any atom is 0.291 e. The molecule has 0 spiro atoms. The molecule has 0 saturated carbocycles. The molecule has 154 valence electrons. The fraction of sp³-hybridized carbons (Fsp3) is 0.250. The molecule has 6 heteroatoms. The monoisotopic (exact) mass is 403 g/mol. The molecule has 2 N–H and O–H groups in total. The molecule has 4 rings (SSSR count). The van der Waals surface area contributed by atoms with E-state index in [1.54, 1.807) is 24.3 Å². The van der Waals surface area contributed by atoms with Crippen molar-refractivity contribution in [2.45, 2.75) is 26.7 Å². The highest BCUT2D eigenvalue weighted by Crippen LogP contribution is 2.27. The molecule has 2 aromatic carbocycles. The van der Waals surface area contributed by atoms with Crippen molar-refractivity contribution in [2.75, 3.05) is 28.6 Å². The van der Waals surface area contributed by atoms with Gasteiger partial charge in [-0.2, -0.15) is 0 Å². The summed E-state index contributed by atoms with van der Waals surface area (Å²) in [6.45, 7) is 6.11. The molecule has 1 aliphatic rings. The number of carbonyl (C=O) groups excluding carboxylic acids is 2. The topological polar surface area (TPSA) is 74.6 Å². The van der Waals surface area contributed by atoms with Gasteiger partial charge in [0, 0.05) is 35.7 Å². The first kappa shape index (κ1) is 19.8. The van der Waals surface area contributed by atoms with Crippen LogP contribution in [0.15, 0.2) is 59.2 Å². The first-order valence-corrected chi connectivity index (χ1v) is 10.1. The lowest BCUT2D eigenvalue weighted by atomic mass is 10.1. The van der Waals surface area contributed by atoms with E-state index in [-0.39, 0.29) is 17.6 Å². The summed E-state index contributed by atoms with van der Waals surface area (Å²) >= 11 is 0. The highest BCUT2D eigenvalue weighted by atomic mass is 16.3. The summed E-state index contributed by atoms with van der Waals surface area (Å²) < 4.78 is 5.13. The Morgan fingerprint density at radius 3 is 2.40 bits per heavy atom. The van der Waals surface area contributed by atoms with Crippen LogP contribution in [0.3, 0.4) is 0 Å². The Morgan fingerprint density at radius 2 is 1.70 bits per heavy atom. The minimum Gasteiger partial charge on any atom is -0.459 e. The molecule has 0 aliphatic carbocycles. The lowest BCUT2D eigenvalue weighted by molar-refractivity contribution is 0.0993. The van der Waals surface area contributed by atoms with E-state index in [1.165, 1.54) is 24.8 Å². The van der Waals surface area contributed by atoms with Gasteiger partial charge in [-0.15, -0.1) is 0 Å². The van der Waals surface area contributed by atoms with Crippen molar-refractivity contribution in [3.05, 3.63) is 77.2 Å². The number of amides is 2. The SMILES string of the molecule is Cc1ccc(C(=O)Nc2ccc(N3CCCC3)c(C)c2)cc1NC(=O)c1ccco1. The third-order valence-electron chi connectivity index (χ3n) is 5.39. The van der Waals surface area contributed by atoms with Gasteiger partial charge in [-0.1, -0.05) is 6.07 Å². The summed E-state index contributed by atoms with van der Waals surface area (Å²) in [5, 5.41) is 5.76. The largest absolute Gasteiger partial charge is 0.459 e. The summed E-state index contributed by atoms with van der Waals surface area (Å²) in [5.74, 6) is -0.358. The number of hydrogen-bond donors (Lipinski definition) is 2. The number of furan rings is 1. The molecule has 30 heavy (non-hydrogen) atoms. The zero-order valence-electron chi connectivity index (χ0n) is 17.2. The van der Waals surface area contributed by atoms with Crippen LogP contribution >= 0.6 is 0 Å². The molecular formula is C24H25N3O3. The van der Waals surface area contributed by atoms with Gasteiger partial charge in [0.15, 0.2) is 5.76 Å². The molecular weight excluding hydrogens is 378 g/mol. The van der Waals surface area contributed by atoms with Gasteiger partial charge in [0.1, 0.15) is 0 Å². The summed E-state index contributed by atoms with van der Waals surface area (Å²) in [6.07, 6.45) is 3.90. The second kappa shape index (κ2) is 8.45. The highest BCUT2D eigenvalue weighted by molar-refractivity contribution is 6.07. The van der Waals surface area contributed by atoms with E-state index in [0.717, 1.165) is 29.9 Å². The minimum absolute atomic E-state index is 0.220. The van der Waals surface area contributed by atoms with E-state index in [4.69, 9.17) is 4.42 Å². The van der Waals surface area contributed by atoms with Crippen LogP contribution in [0.4, 0.5) is 17.1 Å². The van der Waals surface area contributed by atoms with E-state index < -0.39 is 0 Å². The lowest BCUT2D eigenvalue weighted by Gasteiger charge is -2.20. The summed E-state index contributed by atoms with van der Waals surface area (Å²) in [5.41, 5.74) is 5.02. The van der Waals surface area contributed by atoms with Crippen LogP contribution in [0.25, 0.3) is 0 Å². The summed E-state index contributed by atoms with van der Waals surface area (Å²) in [4.78, 5) is 27.4. The number of rotatable bonds is 5. The van der Waals surface area contributed by atoms with Crippen molar-refractivity contribution >= 4 is 28.9 Å². The second-order valence-electron chi connectivity index (χ2n) is 7.61. The molecule has 0 unspecified atom stereocenters. The third kappa shape index (κ3) is 4.22. The van der Waals surface area contributed by atoms with Gasteiger partial charge < -0.3 is 20.0 Å². The smallest absolute Gasteiger partial charge is 0.291 e. The normalized spacial score (nSPS) is 13.3. The first-order valence-electron chi connectivity index (χ1n) is 10.1. The van der Waals surface area contributed by atoms with Crippen molar-refractivity contribution in [3.63, 3.8) is 0 Å². The Hall–Kier alpha value is -3.54. The number of carbonyl (C=O) groups is 2. The third-order valence-corrected chi connectivity index (χ3v) is 5.39. The molecule has 1 aromatic heterocycles. The highest BCUT2D eigenvalue weighted by Gasteiger charge is 2.16. The van der Waals surface area contributed by atoms with Crippen molar-refractivity contribution in [2.24, 2.45) is 0 Å². The predicted octanol–water partition coefficient (Wildman–Crippen LogP) is 5.00. The summed E-state index contributed by atoms with van der Waals surface area (Å²) in [6, 6.07) is 14.5. The van der Waals surface area contributed by atoms with Crippen molar-refractivity contribution in [3.8, 4) is 0 Å². The van der Waals surface area contributed by atoms with E-state index in [0.29, 0.717) is 11.3 Å². The van der Waals surface area contributed by atoms with Gasteiger partial charge in [0.05, 0.1) is 6.26 Å². The summed E-state index contributed by atoms with van der Waals surface area (Å²) in [7, 11) is 0. The molecule has 2 heterocycles. The van der Waals surface area contributed by atoms with Crippen molar-refractivity contribution < 1.29 is 14.0 Å². The molecule has 1 aliphatic heterocycles. The average Bonchev–Trinajstić information content (AvgIpc) is 3.44. The molecule has 6 nitrogen and oxygen atoms in total. The Labute approximate surface area is 175 Å². The fourth-order valence-corrected chi connectivity index (χ4v) is 3.74. The van der Waals surface area contributed by atoms with E-state index in [9.17, 15) is 9.59 Å². The maximum absolute atomic E-state index is 12.8. The molecule has 1 saturated heterocycles. The van der Waals surface area contributed by atoms with Crippen LogP contribution in [0.1, 0.15) is 44.9 Å². The van der Waals surface area contributed by atoms with Gasteiger partial charge >= 0.3 is 0 Å². The average molecular weight is 403 g/mol. The van der Waals surface area contributed by atoms with E-state index in [1.807, 2.05) is 25.1 Å². The Kier molecular flexibility index (Phi) is 5.57. The predicted molar refractivity (Wildman–Crippen MR) is 118 cm³/mol. The zero-order valence-corrected chi connectivity index (χ0v) is 17.2. The maximum atomic E-state index is 12.8. The van der Waals surface area contributed by atoms with Gasteiger partial charge in [0.2, 0.25) is 0 Å². The number of aryl methyl sites for hydroxylation is 2. The molecule has 1 fully saturated rings. The van der Waals surface area contributed by atoms with E-state index >= 15 is 0 Å². The van der Waals surface area contributed by atoms with Gasteiger partial charge in [-0.3, -0.25) is 9.59 Å². The van der Waals surface area contributed by atoms with Gasteiger partial charge in [-0.25, -0.2) is 0 Å². The Bertz CT molecular complexity index is 1070. The number of nitrogens with zero attached hydrogens (tertiary/aromatic N) is 1. The van der Waals surface area contributed by atoms with Gasteiger partial charge in [0.25, 0.3) is 11.8 Å². The van der Waals surface area contributed by atoms with Crippen molar-refractivity contribution in [1.29, 1.82) is 0 Å². The van der Waals surface area contributed by atoms with Crippen LogP contribution < -0.4 is 15.5 Å².